The molecular weight excluding hydrogens is 564 g/mol. The Balaban J connectivity index is 0.000000442. The molecule has 42 heavy (non-hydrogen) atoms. The number of sulfonamides is 1. The standard InChI is InChI=1S/C24H23FN6O3S.C5H10FN/c25-18-12-17(6-7-19(18)30-35(32,33)15-16-4-2-1-3-5-16)20-13-22(31-8-10-34-11-9-31)23-21(28-20)14-27-24(26)29-23;6-5-2-1-3-7-4-5/h1-7,12-14,30H,8-11,15H2,(H2,26,27,29);5,7H,1-4H2. The molecule has 0 saturated carbocycles. The van der Waals surface area contributed by atoms with E-state index in [-0.39, 0.29) is 17.4 Å². The number of morpholine rings is 1. The Morgan fingerprint density at radius 1 is 1.10 bits per heavy atom. The van der Waals surface area contributed by atoms with E-state index in [1.54, 1.807) is 36.4 Å². The number of nitrogens with two attached hydrogens (primary N) is 1. The highest BCUT2D eigenvalue weighted by molar-refractivity contribution is 7.91. The average molecular weight is 598 g/mol. The molecule has 0 spiro atoms. The minimum Gasteiger partial charge on any atom is -0.378 e. The number of piperidine rings is 1. The zero-order chi connectivity index (χ0) is 29.5. The van der Waals surface area contributed by atoms with Gasteiger partial charge in [0, 0.05) is 25.2 Å². The van der Waals surface area contributed by atoms with Gasteiger partial charge in [0.05, 0.1) is 42.2 Å². The number of nitrogen functional groups attached to an aromatic ring is 1. The number of alkyl halides is 1. The molecule has 0 radical (unpaired) electrons. The number of fused-ring (bicyclic) bond motifs is 1. The number of anilines is 3. The summed E-state index contributed by atoms with van der Waals surface area (Å²) < 4.78 is 60.0. The topological polar surface area (TPSA) is 135 Å². The van der Waals surface area contributed by atoms with Crippen LogP contribution in [0.3, 0.4) is 0 Å². The van der Waals surface area contributed by atoms with Crippen LogP contribution in [0.5, 0.6) is 0 Å². The Morgan fingerprint density at radius 3 is 2.55 bits per heavy atom. The summed E-state index contributed by atoms with van der Waals surface area (Å²) >= 11 is 0. The van der Waals surface area contributed by atoms with E-state index in [0.29, 0.717) is 60.7 Å². The Hall–Kier alpha value is -3.94. The highest BCUT2D eigenvalue weighted by Crippen LogP contribution is 2.32. The van der Waals surface area contributed by atoms with Gasteiger partial charge < -0.3 is 20.7 Å². The van der Waals surface area contributed by atoms with Crippen molar-refractivity contribution in [3.63, 3.8) is 0 Å². The Bertz CT molecular complexity index is 1610. The van der Waals surface area contributed by atoms with E-state index >= 15 is 4.39 Å². The van der Waals surface area contributed by atoms with Gasteiger partial charge >= 0.3 is 0 Å². The number of hydrogen-bond donors (Lipinski definition) is 3. The lowest BCUT2D eigenvalue weighted by atomic mass is 10.1. The van der Waals surface area contributed by atoms with Gasteiger partial charge in [0.15, 0.2) is 0 Å². The third-order valence-electron chi connectivity index (χ3n) is 6.86. The Morgan fingerprint density at radius 2 is 1.88 bits per heavy atom. The molecule has 2 aromatic heterocycles. The van der Waals surface area contributed by atoms with E-state index in [0.717, 1.165) is 25.1 Å². The summed E-state index contributed by atoms with van der Waals surface area (Å²) in [5, 5.41) is 2.96. The van der Waals surface area contributed by atoms with Crippen molar-refractivity contribution in [1.29, 1.82) is 0 Å². The summed E-state index contributed by atoms with van der Waals surface area (Å²) in [6, 6.07) is 14.8. The normalized spacial score (nSPS) is 17.4. The highest BCUT2D eigenvalue weighted by Gasteiger charge is 2.20. The highest BCUT2D eigenvalue weighted by atomic mass is 32.2. The van der Waals surface area contributed by atoms with E-state index < -0.39 is 22.0 Å². The van der Waals surface area contributed by atoms with Crippen molar-refractivity contribution < 1.29 is 21.9 Å². The first-order valence-electron chi connectivity index (χ1n) is 13.7. The van der Waals surface area contributed by atoms with Crippen LogP contribution in [0.2, 0.25) is 0 Å². The lowest BCUT2D eigenvalue weighted by Crippen LogP contribution is -2.36. The van der Waals surface area contributed by atoms with Crippen LogP contribution in [0.1, 0.15) is 18.4 Å². The second kappa shape index (κ2) is 13.4. The number of halogens is 2. The molecule has 1 unspecified atom stereocenters. The van der Waals surface area contributed by atoms with Crippen molar-refractivity contribution in [1.82, 2.24) is 20.3 Å². The van der Waals surface area contributed by atoms with Gasteiger partial charge in [-0.3, -0.25) is 4.72 Å². The van der Waals surface area contributed by atoms with Crippen LogP contribution in [0.25, 0.3) is 22.3 Å². The molecule has 4 aromatic rings. The summed E-state index contributed by atoms with van der Waals surface area (Å²) in [7, 11) is -3.79. The average Bonchev–Trinajstić information content (AvgIpc) is 2.99. The number of nitrogens with zero attached hydrogens (tertiary/aromatic N) is 4. The lowest BCUT2D eigenvalue weighted by Gasteiger charge is -2.29. The minimum absolute atomic E-state index is 0.130. The van der Waals surface area contributed by atoms with Crippen LogP contribution >= 0.6 is 0 Å². The molecule has 4 heterocycles. The molecule has 2 fully saturated rings. The number of rotatable bonds is 6. The van der Waals surface area contributed by atoms with Crippen LogP contribution in [0, 0.1) is 5.82 Å². The van der Waals surface area contributed by atoms with Gasteiger partial charge in [-0.25, -0.2) is 32.2 Å². The zero-order valence-electron chi connectivity index (χ0n) is 23.0. The summed E-state index contributed by atoms with van der Waals surface area (Å²) in [6.07, 6.45) is 2.72. The third kappa shape index (κ3) is 7.66. The maximum Gasteiger partial charge on any atom is 0.237 e. The molecule has 2 aliphatic rings. The molecule has 2 saturated heterocycles. The first kappa shape index (κ1) is 29.5. The number of benzene rings is 2. The fraction of sp³-hybridized carbons (Fsp3) is 0.345. The molecule has 1 atom stereocenters. The summed E-state index contributed by atoms with van der Waals surface area (Å²) in [6.45, 7) is 4.05. The minimum atomic E-state index is -3.79. The predicted molar refractivity (Wildman–Crippen MR) is 160 cm³/mol. The van der Waals surface area contributed by atoms with Gasteiger partial charge in [-0.2, -0.15) is 0 Å². The summed E-state index contributed by atoms with van der Waals surface area (Å²) in [5.74, 6) is -0.824. The molecule has 0 amide bonds. The molecule has 6 rings (SSSR count). The smallest absolute Gasteiger partial charge is 0.237 e. The largest absolute Gasteiger partial charge is 0.378 e. The van der Waals surface area contributed by atoms with Crippen molar-refractivity contribution >= 4 is 38.4 Å². The number of hydrogen-bond acceptors (Lipinski definition) is 9. The van der Waals surface area contributed by atoms with Crippen LogP contribution in [0.4, 0.5) is 26.1 Å². The Labute approximate surface area is 243 Å². The zero-order valence-corrected chi connectivity index (χ0v) is 23.8. The number of nitrogens with one attached hydrogen (secondary N) is 2. The van der Waals surface area contributed by atoms with E-state index in [9.17, 15) is 12.8 Å². The van der Waals surface area contributed by atoms with Crippen LogP contribution in [0.15, 0.2) is 60.8 Å². The number of aromatic nitrogens is 3. The quantitative estimate of drug-likeness (QED) is 0.302. The van der Waals surface area contributed by atoms with E-state index in [1.807, 2.05) is 6.07 Å². The molecule has 2 aliphatic heterocycles. The van der Waals surface area contributed by atoms with Gasteiger partial charge in [-0.15, -0.1) is 0 Å². The molecular formula is C29H33F2N7O3S. The molecule has 10 nitrogen and oxygen atoms in total. The van der Waals surface area contributed by atoms with Crippen molar-refractivity contribution in [2.75, 3.05) is 54.7 Å². The predicted octanol–water partition coefficient (Wildman–Crippen LogP) is 3.90. The molecule has 2 aromatic carbocycles. The second-order valence-corrected chi connectivity index (χ2v) is 11.8. The maximum atomic E-state index is 15.0. The molecule has 4 N–H and O–H groups in total. The Kier molecular flexibility index (Phi) is 9.40. The van der Waals surface area contributed by atoms with E-state index in [4.69, 9.17) is 10.5 Å². The van der Waals surface area contributed by atoms with Gasteiger partial charge in [0.1, 0.15) is 23.0 Å². The fourth-order valence-electron chi connectivity index (χ4n) is 4.78. The van der Waals surface area contributed by atoms with Gasteiger partial charge in [0.2, 0.25) is 16.0 Å². The molecule has 0 aliphatic carbocycles. The van der Waals surface area contributed by atoms with E-state index in [1.165, 1.54) is 18.3 Å². The molecule has 222 valence electrons. The first-order valence-corrected chi connectivity index (χ1v) is 15.4. The second-order valence-electron chi connectivity index (χ2n) is 10.1. The van der Waals surface area contributed by atoms with Crippen molar-refractivity contribution in [2.45, 2.75) is 24.8 Å². The van der Waals surface area contributed by atoms with Crippen LogP contribution in [-0.4, -0.2) is 68.9 Å². The van der Waals surface area contributed by atoms with Gasteiger partial charge in [0.25, 0.3) is 0 Å². The first-order chi connectivity index (χ1) is 20.3. The van der Waals surface area contributed by atoms with Gasteiger partial charge in [-0.05, 0) is 43.1 Å². The van der Waals surface area contributed by atoms with Crippen molar-refractivity contribution in [3.8, 4) is 11.3 Å². The number of pyridine rings is 1. The molecule has 13 heteroatoms. The number of ether oxygens (including phenoxy) is 1. The molecule has 0 bridgehead atoms. The summed E-state index contributed by atoms with van der Waals surface area (Å²) in [5.41, 5.74) is 9.20. The SMILES string of the molecule is FC1CCCNC1.Nc1ncc2nc(-c3ccc(NS(=O)(=O)Cc4ccccc4)c(F)c3)cc(N3CCOCC3)c2n1. The monoisotopic (exact) mass is 597 g/mol. The van der Waals surface area contributed by atoms with E-state index in [2.05, 4.69) is 29.9 Å². The van der Waals surface area contributed by atoms with Crippen LogP contribution in [-0.2, 0) is 20.5 Å². The summed E-state index contributed by atoms with van der Waals surface area (Å²) in [4.78, 5) is 15.1. The third-order valence-corrected chi connectivity index (χ3v) is 8.11. The fourth-order valence-corrected chi connectivity index (χ4v) is 5.98. The lowest BCUT2D eigenvalue weighted by molar-refractivity contribution is 0.123. The van der Waals surface area contributed by atoms with Crippen LogP contribution < -0.4 is 20.7 Å². The van der Waals surface area contributed by atoms with Gasteiger partial charge in [-0.1, -0.05) is 36.4 Å². The van der Waals surface area contributed by atoms with Crippen molar-refractivity contribution in [2.24, 2.45) is 0 Å². The van der Waals surface area contributed by atoms with Crippen molar-refractivity contribution in [3.05, 3.63) is 72.2 Å². The maximum absolute atomic E-state index is 15.0.